The van der Waals surface area contributed by atoms with Crippen LogP contribution in [0.2, 0.25) is 0 Å². The summed E-state index contributed by atoms with van der Waals surface area (Å²) < 4.78 is 0. The van der Waals surface area contributed by atoms with Gasteiger partial charge in [-0.05, 0) is 25.5 Å². The Bertz CT molecular complexity index is 523. The molecule has 2 rings (SSSR count). The van der Waals surface area contributed by atoms with E-state index in [1.165, 1.54) is 6.33 Å². The molecule has 1 unspecified atom stereocenters. The standard InChI is InChI=1S/C12H15N5O/c1-8-4-3-5-13-10(8)6-11(18)16-9(2)12-14-7-15-17-12/h3-5,7,9H,6H2,1-2H3,(H,16,18)(H,14,15,17). The molecule has 2 aromatic heterocycles. The predicted molar refractivity (Wildman–Crippen MR) is 65.6 cm³/mol. The van der Waals surface area contributed by atoms with E-state index in [0.717, 1.165) is 11.3 Å². The van der Waals surface area contributed by atoms with Gasteiger partial charge < -0.3 is 5.32 Å². The van der Waals surface area contributed by atoms with Gasteiger partial charge in [-0.2, -0.15) is 5.10 Å². The van der Waals surface area contributed by atoms with Gasteiger partial charge in [0.25, 0.3) is 0 Å². The van der Waals surface area contributed by atoms with Crippen LogP contribution < -0.4 is 5.32 Å². The first-order valence-corrected chi connectivity index (χ1v) is 5.72. The molecule has 0 aliphatic rings. The number of pyridine rings is 1. The van der Waals surface area contributed by atoms with E-state index in [2.05, 4.69) is 25.5 Å². The quantitative estimate of drug-likeness (QED) is 0.839. The molecular formula is C12H15N5O. The second kappa shape index (κ2) is 5.39. The van der Waals surface area contributed by atoms with Crippen LogP contribution in [-0.2, 0) is 11.2 Å². The second-order valence-corrected chi connectivity index (χ2v) is 4.10. The molecule has 2 aromatic rings. The molecule has 0 aromatic carbocycles. The van der Waals surface area contributed by atoms with E-state index in [1.54, 1.807) is 6.20 Å². The largest absolute Gasteiger partial charge is 0.346 e. The summed E-state index contributed by atoms with van der Waals surface area (Å²) in [5.74, 6) is 0.557. The summed E-state index contributed by atoms with van der Waals surface area (Å²) >= 11 is 0. The predicted octanol–water partition coefficient (Wildman–Crippen LogP) is 0.928. The van der Waals surface area contributed by atoms with Gasteiger partial charge in [0, 0.05) is 6.20 Å². The van der Waals surface area contributed by atoms with Gasteiger partial charge in [0.1, 0.15) is 12.2 Å². The van der Waals surface area contributed by atoms with Crippen molar-refractivity contribution in [2.75, 3.05) is 0 Å². The average Bonchev–Trinajstić information content (AvgIpc) is 2.85. The maximum absolute atomic E-state index is 11.9. The lowest BCUT2D eigenvalue weighted by molar-refractivity contribution is -0.121. The summed E-state index contributed by atoms with van der Waals surface area (Å²) in [6, 6.07) is 3.60. The highest BCUT2D eigenvalue weighted by molar-refractivity contribution is 5.78. The van der Waals surface area contributed by atoms with E-state index in [4.69, 9.17) is 0 Å². The van der Waals surface area contributed by atoms with Crippen molar-refractivity contribution in [1.82, 2.24) is 25.5 Å². The van der Waals surface area contributed by atoms with E-state index < -0.39 is 0 Å². The lowest BCUT2D eigenvalue weighted by Gasteiger charge is -2.11. The van der Waals surface area contributed by atoms with Crippen LogP contribution in [-0.4, -0.2) is 26.1 Å². The first-order valence-electron chi connectivity index (χ1n) is 5.72. The van der Waals surface area contributed by atoms with Crippen LogP contribution in [0.15, 0.2) is 24.7 Å². The van der Waals surface area contributed by atoms with Gasteiger partial charge in [-0.1, -0.05) is 6.07 Å². The van der Waals surface area contributed by atoms with Crippen LogP contribution in [0.4, 0.5) is 0 Å². The number of aromatic amines is 1. The molecule has 0 aliphatic heterocycles. The normalized spacial score (nSPS) is 12.1. The van der Waals surface area contributed by atoms with Crippen molar-refractivity contribution < 1.29 is 4.79 Å². The fourth-order valence-corrected chi connectivity index (χ4v) is 1.64. The van der Waals surface area contributed by atoms with Crippen molar-refractivity contribution >= 4 is 5.91 Å². The smallest absolute Gasteiger partial charge is 0.226 e. The molecule has 6 heteroatoms. The van der Waals surface area contributed by atoms with Crippen LogP contribution in [0, 0.1) is 6.92 Å². The molecule has 6 nitrogen and oxygen atoms in total. The number of H-pyrrole nitrogens is 1. The molecule has 0 saturated heterocycles. The van der Waals surface area contributed by atoms with Crippen LogP contribution in [0.1, 0.15) is 30.0 Å². The molecule has 0 radical (unpaired) electrons. The number of carbonyl (C=O) groups is 1. The SMILES string of the molecule is Cc1cccnc1CC(=O)NC(C)c1ncn[nH]1. The summed E-state index contributed by atoms with van der Waals surface area (Å²) in [6.07, 6.45) is 3.38. The minimum absolute atomic E-state index is 0.0827. The number of carbonyl (C=O) groups excluding carboxylic acids is 1. The van der Waals surface area contributed by atoms with Crippen LogP contribution in [0.3, 0.4) is 0 Å². The van der Waals surface area contributed by atoms with E-state index in [-0.39, 0.29) is 18.4 Å². The number of nitrogens with one attached hydrogen (secondary N) is 2. The zero-order chi connectivity index (χ0) is 13.0. The van der Waals surface area contributed by atoms with Crippen LogP contribution >= 0.6 is 0 Å². The third-order valence-corrected chi connectivity index (χ3v) is 2.67. The fraction of sp³-hybridized carbons (Fsp3) is 0.333. The molecular weight excluding hydrogens is 230 g/mol. The maximum atomic E-state index is 11.9. The number of rotatable bonds is 4. The third-order valence-electron chi connectivity index (χ3n) is 2.67. The minimum atomic E-state index is -0.191. The van der Waals surface area contributed by atoms with Crippen molar-refractivity contribution in [2.24, 2.45) is 0 Å². The van der Waals surface area contributed by atoms with Crippen molar-refractivity contribution in [3.05, 3.63) is 41.7 Å². The number of nitrogens with zero attached hydrogens (tertiary/aromatic N) is 3. The minimum Gasteiger partial charge on any atom is -0.346 e. The van der Waals surface area contributed by atoms with Gasteiger partial charge in [-0.3, -0.25) is 14.9 Å². The second-order valence-electron chi connectivity index (χ2n) is 4.10. The Morgan fingerprint density at radius 3 is 3.00 bits per heavy atom. The third kappa shape index (κ3) is 2.91. The Labute approximate surface area is 105 Å². The molecule has 1 amide bonds. The molecule has 0 bridgehead atoms. The molecule has 1 atom stereocenters. The maximum Gasteiger partial charge on any atom is 0.226 e. The summed E-state index contributed by atoms with van der Waals surface area (Å²) in [5.41, 5.74) is 1.81. The highest BCUT2D eigenvalue weighted by Crippen LogP contribution is 2.07. The Hall–Kier alpha value is -2.24. The molecule has 18 heavy (non-hydrogen) atoms. The Balaban J connectivity index is 1.95. The number of aromatic nitrogens is 4. The van der Waals surface area contributed by atoms with E-state index in [9.17, 15) is 4.79 Å². The van der Waals surface area contributed by atoms with Gasteiger partial charge in [0.15, 0.2) is 0 Å². The summed E-state index contributed by atoms with van der Waals surface area (Å²) in [7, 11) is 0. The molecule has 0 aliphatic carbocycles. The highest BCUT2D eigenvalue weighted by atomic mass is 16.1. The molecule has 94 valence electrons. The van der Waals surface area contributed by atoms with Crippen LogP contribution in [0.5, 0.6) is 0 Å². The van der Waals surface area contributed by atoms with E-state index in [0.29, 0.717) is 5.82 Å². The fourth-order valence-electron chi connectivity index (χ4n) is 1.64. The number of hydrogen-bond acceptors (Lipinski definition) is 4. The lowest BCUT2D eigenvalue weighted by atomic mass is 10.1. The summed E-state index contributed by atoms with van der Waals surface area (Å²) in [6.45, 7) is 3.79. The molecule has 0 saturated carbocycles. The summed E-state index contributed by atoms with van der Waals surface area (Å²) in [5, 5.41) is 9.32. The molecule has 2 N–H and O–H groups in total. The topological polar surface area (TPSA) is 83.6 Å². The van der Waals surface area contributed by atoms with Crippen molar-refractivity contribution in [2.45, 2.75) is 26.3 Å². The average molecular weight is 245 g/mol. The number of aryl methyl sites for hydroxylation is 1. The highest BCUT2D eigenvalue weighted by Gasteiger charge is 2.13. The number of hydrogen-bond donors (Lipinski definition) is 2. The first kappa shape index (κ1) is 12.2. The zero-order valence-corrected chi connectivity index (χ0v) is 10.3. The van der Waals surface area contributed by atoms with Gasteiger partial charge in [-0.15, -0.1) is 0 Å². The van der Waals surface area contributed by atoms with Gasteiger partial charge in [-0.25, -0.2) is 4.98 Å². The van der Waals surface area contributed by atoms with E-state index >= 15 is 0 Å². The van der Waals surface area contributed by atoms with Gasteiger partial charge >= 0.3 is 0 Å². The zero-order valence-electron chi connectivity index (χ0n) is 10.3. The molecule has 2 heterocycles. The monoisotopic (exact) mass is 245 g/mol. The lowest BCUT2D eigenvalue weighted by Crippen LogP contribution is -2.29. The first-order chi connectivity index (χ1) is 8.66. The van der Waals surface area contributed by atoms with Gasteiger partial charge in [0.2, 0.25) is 5.91 Å². The van der Waals surface area contributed by atoms with E-state index in [1.807, 2.05) is 26.0 Å². The molecule has 0 spiro atoms. The van der Waals surface area contributed by atoms with Crippen molar-refractivity contribution in [1.29, 1.82) is 0 Å². The summed E-state index contributed by atoms with van der Waals surface area (Å²) in [4.78, 5) is 20.0. The van der Waals surface area contributed by atoms with Gasteiger partial charge in [0.05, 0.1) is 18.2 Å². The molecule has 0 fully saturated rings. The van der Waals surface area contributed by atoms with Crippen LogP contribution in [0.25, 0.3) is 0 Å². The van der Waals surface area contributed by atoms with Crippen molar-refractivity contribution in [3.63, 3.8) is 0 Å². The Morgan fingerprint density at radius 1 is 1.50 bits per heavy atom. The van der Waals surface area contributed by atoms with Crippen molar-refractivity contribution in [3.8, 4) is 0 Å². The number of amides is 1. The Kier molecular flexibility index (Phi) is 3.66. The Morgan fingerprint density at radius 2 is 2.33 bits per heavy atom.